The van der Waals surface area contributed by atoms with Gasteiger partial charge in [0, 0.05) is 24.6 Å². The molecule has 0 radical (unpaired) electrons. The smallest absolute Gasteiger partial charge is 0.265 e. The number of rotatable bonds is 2. The molecule has 0 bridgehead atoms. The van der Waals surface area contributed by atoms with Gasteiger partial charge in [-0.2, -0.15) is 0 Å². The fourth-order valence-electron chi connectivity index (χ4n) is 3.34. The Bertz CT molecular complexity index is 1010. The number of hydrogen-bond donors (Lipinski definition) is 1. The zero-order chi connectivity index (χ0) is 20.7. The van der Waals surface area contributed by atoms with Crippen LogP contribution in [-0.2, 0) is 9.59 Å². The monoisotopic (exact) mass is 411 g/mol. The van der Waals surface area contributed by atoms with Crippen molar-refractivity contribution in [3.63, 3.8) is 0 Å². The van der Waals surface area contributed by atoms with Crippen LogP contribution in [-0.4, -0.2) is 54.6 Å². The van der Waals surface area contributed by atoms with Crippen molar-refractivity contribution in [3.8, 4) is 5.75 Å². The summed E-state index contributed by atoms with van der Waals surface area (Å²) in [4.78, 5) is 41.8. The summed E-state index contributed by atoms with van der Waals surface area (Å²) in [7, 11) is 3.31. The van der Waals surface area contributed by atoms with E-state index < -0.39 is 6.10 Å². The molecule has 29 heavy (non-hydrogen) atoms. The Labute approximate surface area is 173 Å². The Morgan fingerprint density at radius 3 is 2.72 bits per heavy atom. The fourth-order valence-corrected chi connectivity index (χ4v) is 4.27. The molecule has 2 aliphatic heterocycles. The van der Waals surface area contributed by atoms with E-state index >= 15 is 0 Å². The van der Waals surface area contributed by atoms with Crippen LogP contribution in [0.15, 0.2) is 47.4 Å². The molecule has 1 N–H and O–H groups in total. The third kappa shape index (κ3) is 3.55. The molecule has 2 unspecified atom stereocenters. The van der Waals surface area contributed by atoms with E-state index in [1.165, 1.54) is 16.7 Å². The molecule has 2 aromatic rings. The first-order valence-corrected chi connectivity index (χ1v) is 10.1. The zero-order valence-corrected chi connectivity index (χ0v) is 17.2. The summed E-state index contributed by atoms with van der Waals surface area (Å²) >= 11 is 1.46. The van der Waals surface area contributed by atoms with Crippen molar-refractivity contribution in [2.45, 2.75) is 23.2 Å². The standard InChI is InChI=1S/C21H21N3O4S/c1-12-19(25)22-14-10-13(8-9-18(14)29-12)20(26)24-11-17(21(27)23(2)3)28-16-7-5-4-6-15(16)24/h4-10,12,17H,11H2,1-3H3,(H,22,25). The Morgan fingerprint density at radius 2 is 1.97 bits per heavy atom. The van der Waals surface area contributed by atoms with Gasteiger partial charge in [-0.3, -0.25) is 14.4 Å². The summed E-state index contributed by atoms with van der Waals surface area (Å²) in [5, 5.41) is 2.68. The number of nitrogens with zero attached hydrogens (tertiary/aromatic N) is 2. The average molecular weight is 411 g/mol. The number of thioether (sulfide) groups is 1. The quantitative estimate of drug-likeness (QED) is 0.822. The molecule has 0 fully saturated rings. The lowest BCUT2D eigenvalue weighted by atomic mass is 10.1. The van der Waals surface area contributed by atoms with Gasteiger partial charge < -0.3 is 19.9 Å². The Kier molecular flexibility index (Phi) is 4.96. The van der Waals surface area contributed by atoms with Crippen molar-refractivity contribution in [1.82, 2.24) is 4.90 Å². The highest BCUT2D eigenvalue weighted by atomic mass is 32.2. The van der Waals surface area contributed by atoms with Crippen LogP contribution in [0.1, 0.15) is 17.3 Å². The van der Waals surface area contributed by atoms with E-state index in [9.17, 15) is 14.4 Å². The molecule has 4 rings (SSSR count). The Hall–Kier alpha value is -3.00. The maximum atomic E-state index is 13.4. The fraction of sp³-hybridized carbons (Fsp3) is 0.286. The number of fused-ring (bicyclic) bond motifs is 2. The summed E-state index contributed by atoms with van der Waals surface area (Å²) in [5.41, 5.74) is 1.68. The van der Waals surface area contributed by atoms with Crippen LogP contribution in [0.2, 0.25) is 0 Å². The van der Waals surface area contributed by atoms with Gasteiger partial charge in [0.25, 0.3) is 11.8 Å². The summed E-state index contributed by atoms with van der Waals surface area (Å²) in [6, 6.07) is 12.4. The van der Waals surface area contributed by atoms with Gasteiger partial charge in [0.15, 0.2) is 6.10 Å². The third-order valence-corrected chi connectivity index (χ3v) is 6.07. The largest absolute Gasteiger partial charge is 0.476 e. The maximum Gasteiger partial charge on any atom is 0.265 e. The number of nitrogens with one attached hydrogen (secondary N) is 1. The van der Waals surface area contributed by atoms with Gasteiger partial charge in [-0.15, -0.1) is 11.8 Å². The van der Waals surface area contributed by atoms with Crippen molar-refractivity contribution in [3.05, 3.63) is 48.0 Å². The first kappa shape index (κ1) is 19.3. The lowest BCUT2D eigenvalue weighted by Crippen LogP contribution is -2.50. The second kappa shape index (κ2) is 7.44. The van der Waals surface area contributed by atoms with E-state index in [4.69, 9.17) is 4.74 Å². The Balaban J connectivity index is 1.68. The number of ether oxygens (including phenoxy) is 1. The van der Waals surface area contributed by atoms with E-state index in [0.717, 1.165) is 4.90 Å². The highest BCUT2D eigenvalue weighted by molar-refractivity contribution is 8.00. The van der Waals surface area contributed by atoms with Crippen molar-refractivity contribution in [2.24, 2.45) is 0 Å². The third-order valence-electron chi connectivity index (χ3n) is 4.89. The van der Waals surface area contributed by atoms with Crippen molar-refractivity contribution < 1.29 is 19.1 Å². The van der Waals surface area contributed by atoms with Crippen LogP contribution in [0.5, 0.6) is 5.75 Å². The summed E-state index contributed by atoms with van der Waals surface area (Å²) < 4.78 is 5.84. The molecule has 0 aromatic heterocycles. The summed E-state index contributed by atoms with van der Waals surface area (Å²) in [6.45, 7) is 1.96. The molecule has 2 aliphatic rings. The molecule has 2 aromatic carbocycles. The van der Waals surface area contributed by atoms with Crippen LogP contribution in [0.4, 0.5) is 11.4 Å². The summed E-state index contributed by atoms with van der Waals surface area (Å²) in [5.74, 6) is -0.0539. The van der Waals surface area contributed by atoms with E-state index in [2.05, 4.69) is 5.32 Å². The number of benzene rings is 2. The SMILES string of the molecule is CC1Sc2ccc(C(=O)N3CC(C(=O)N(C)C)Oc4ccccc43)cc2NC1=O. The van der Waals surface area contributed by atoms with Gasteiger partial charge in [-0.1, -0.05) is 12.1 Å². The number of amides is 3. The molecule has 0 saturated heterocycles. The van der Waals surface area contributed by atoms with Crippen LogP contribution in [0.3, 0.4) is 0 Å². The molecule has 2 atom stereocenters. The molecule has 8 heteroatoms. The van der Waals surface area contributed by atoms with Crippen molar-refractivity contribution >= 4 is 40.9 Å². The van der Waals surface area contributed by atoms with Gasteiger partial charge in [0.2, 0.25) is 5.91 Å². The van der Waals surface area contributed by atoms with Gasteiger partial charge >= 0.3 is 0 Å². The van der Waals surface area contributed by atoms with Crippen LogP contribution in [0.25, 0.3) is 0 Å². The number of hydrogen-bond acceptors (Lipinski definition) is 5. The van der Waals surface area contributed by atoms with Crippen LogP contribution < -0.4 is 15.0 Å². The Morgan fingerprint density at radius 1 is 1.21 bits per heavy atom. The minimum absolute atomic E-state index is 0.0829. The molecule has 2 heterocycles. The highest BCUT2D eigenvalue weighted by Gasteiger charge is 2.35. The first-order chi connectivity index (χ1) is 13.8. The lowest BCUT2D eigenvalue weighted by Gasteiger charge is -2.35. The van der Waals surface area contributed by atoms with Crippen molar-refractivity contribution in [1.29, 1.82) is 0 Å². The van der Waals surface area contributed by atoms with Gasteiger partial charge in [-0.05, 0) is 37.3 Å². The maximum absolute atomic E-state index is 13.4. The topological polar surface area (TPSA) is 79.0 Å². The number of carbonyl (C=O) groups is 3. The normalized spacial score (nSPS) is 20.1. The number of anilines is 2. The molecular formula is C21H21N3O4S. The van der Waals surface area contributed by atoms with E-state index in [0.29, 0.717) is 22.7 Å². The number of carbonyl (C=O) groups excluding carboxylic acids is 3. The van der Waals surface area contributed by atoms with E-state index in [1.54, 1.807) is 49.3 Å². The molecular weight excluding hydrogens is 390 g/mol. The van der Waals surface area contributed by atoms with Gasteiger partial charge in [-0.25, -0.2) is 0 Å². The molecule has 7 nitrogen and oxygen atoms in total. The molecule has 0 saturated carbocycles. The second-order valence-corrected chi connectivity index (χ2v) is 8.57. The van der Waals surface area contributed by atoms with Gasteiger partial charge in [0.1, 0.15) is 5.75 Å². The van der Waals surface area contributed by atoms with Gasteiger partial charge in [0.05, 0.1) is 23.2 Å². The summed E-state index contributed by atoms with van der Waals surface area (Å²) in [6.07, 6.45) is -0.780. The zero-order valence-electron chi connectivity index (χ0n) is 16.3. The minimum Gasteiger partial charge on any atom is -0.476 e. The number of para-hydroxylation sites is 2. The van der Waals surface area contributed by atoms with Crippen LogP contribution in [0, 0.1) is 0 Å². The predicted octanol–water partition coefficient (Wildman–Crippen LogP) is 2.62. The van der Waals surface area contributed by atoms with E-state index in [1.807, 2.05) is 19.1 Å². The first-order valence-electron chi connectivity index (χ1n) is 9.25. The molecule has 3 amide bonds. The molecule has 0 spiro atoms. The van der Waals surface area contributed by atoms with E-state index in [-0.39, 0.29) is 29.5 Å². The highest BCUT2D eigenvalue weighted by Crippen LogP contribution is 2.38. The predicted molar refractivity (Wildman–Crippen MR) is 112 cm³/mol. The van der Waals surface area contributed by atoms with Crippen molar-refractivity contribution in [2.75, 3.05) is 30.9 Å². The second-order valence-electron chi connectivity index (χ2n) is 7.18. The number of likely N-dealkylation sites (N-methyl/N-ethyl adjacent to an activating group) is 1. The molecule has 150 valence electrons. The average Bonchev–Trinajstić information content (AvgIpc) is 2.72. The van der Waals surface area contributed by atoms with Crippen LogP contribution >= 0.6 is 11.8 Å². The lowest BCUT2D eigenvalue weighted by molar-refractivity contribution is -0.135. The molecule has 0 aliphatic carbocycles. The minimum atomic E-state index is -0.780.